The number of hydrogen-bond acceptors (Lipinski definition) is 2. The van der Waals surface area contributed by atoms with Crippen LogP contribution < -0.4 is 0 Å². The summed E-state index contributed by atoms with van der Waals surface area (Å²) in [5, 5.41) is 0. The Morgan fingerprint density at radius 2 is 2.45 bits per heavy atom. The summed E-state index contributed by atoms with van der Waals surface area (Å²) < 4.78 is 5.40. The molecule has 0 fully saturated rings. The fourth-order valence-corrected chi connectivity index (χ4v) is 1.35. The van der Waals surface area contributed by atoms with E-state index in [1.807, 2.05) is 6.92 Å². The Kier molecular flexibility index (Phi) is 2.83. The predicted octanol–water partition coefficient (Wildman–Crippen LogP) is 1.70. The molecule has 1 aliphatic rings. The predicted molar refractivity (Wildman–Crippen MR) is 43.4 cm³/mol. The maximum Gasteiger partial charge on any atom is 0.148 e. The van der Waals surface area contributed by atoms with Crippen LogP contribution in [-0.2, 0) is 9.53 Å². The standard InChI is InChI=1S/C9H14O2/c1-3-4-9-8(5-10)7(2)6-11-9/h5,9H,3-4,6H2,1-2H3/t9-/m1/s1. The quantitative estimate of drug-likeness (QED) is 0.578. The maximum absolute atomic E-state index is 10.6. The van der Waals surface area contributed by atoms with Gasteiger partial charge in [0.2, 0.25) is 0 Å². The molecule has 0 saturated carbocycles. The highest BCUT2D eigenvalue weighted by atomic mass is 16.5. The lowest BCUT2D eigenvalue weighted by Gasteiger charge is -2.07. The minimum Gasteiger partial charge on any atom is -0.369 e. The second kappa shape index (κ2) is 3.67. The molecule has 2 nitrogen and oxygen atoms in total. The summed E-state index contributed by atoms with van der Waals surface area (Å²) in [6, 6.07) is 0. The third-order valence-electron chi connectivity index (χ3n) is 2.02. The summed E-state index contributed by atoms with van der Waals surface area (Å²) in [6.07, 6.45) is 3.04. The van der Waals surface area contributed by atoms with E-state index in [9.17, 15) is 4.79 Å². The van der Waals surface area contributed by atoms with E-state index >= 15 is 0 Å². The van der Waals surface area contributed by atoms with Crippen molar-refractivity contribution in [1.82, 2.24) is 0 Å². The van der Waals surface area contributed by atoms with Crippen LogP contribution in [0.5, 0.6) is 0 Å². The number of hydrogen-bond donors (Lipinski definition) is 0. The molecule has 0 aromatic heterocycles. The zero-order chi connectivity index (χ0) is 8.27. The summed E-state index contributed by atoms with van der Waals surface area (Å²) in [6.45, 7) is 4.69. The molecule has 0 aromatic rings. The van der Waals surface area contributed by atoms with E-state index in [-0.39, 0.29) is 6.10 Å². The summed E-state index contributed by atoms with van der Waals surface area (Å²) in [4.78, 5) is 10.6. The van der Waals surface area contributed by atoms with Gasteiger partial charge in [-0.2, -0.15) is 0 Å². The van der Waals surface area contributed by atoms with Gasteiger partial charge in [0.05, 0.1) is 12.7 Å². The zero-order valence-electron chi connectivity index (χ0n) is 7.09. The molecule has 0 unspecified atom stereocenters. The van der Waals surface area contributed by atoms with E-state index in [1.54, 1.807) is 0 Å². The molecule has 1 rings (SSSR count). The van der Waals surface area contributed by atoms with Gasteiger partial charge >= 0.3 is 0 Å². The van der Waals surface area contributed by atoms with Crippen molar-refractivity contribution in [3.63, 3.8) is 0 Å². The van der Waals surface area contributed by atoms with Crippen molar-refractivity contribution < 1.29 is 9.53 Å². The van der Waals surface area contributed by atoms with Gasteiger partial charge in [0.15, 0.2) is 0 Å². The van der Waals surface area contributed by atoms with Gasteiger partial charge < -0.3 is 4.74 Å². The van der Waals surface area contributed by atoms with Gasteiger partial charge in [0.25, 0.3) is 0 Å². The molecule has 0 saturated heterocycles. The Balaban J connectivity index is 2.64. The highest BCUT2D eigenvalue weighted by Crippen LogP contribution is 2.22. The number of aldehydes is 1. The molecule has 1 atom stereocenters. The van der Waals surface area contributed by atoms with Gasteiger partial charge in [-0.3, -0.25) is 4.79 Å². The normalized spacial score (nSPS) is 24.4. The molecule has 0 N–H and O–H groups in total. The van der Waals surface area contributed by atoms with Crippen molar-refractivity contribution in [3.8, 4) is 0 Å². The van der Waals surface area contributed by atoms with Crippen LogP contribution in [0, 0.1) is 0 Å². The topological polar surface area (TPSA) is 26.3 Å². The van der Waals surface area contributed by atoms with Gasteiger partial charge in [0.1, 0.15) is 6.29 Å². The van der Waals surface area contributed by atoms with Gasteiger partial charge in [-0.25, -0.2) is 0 Å². The third kappa shape index (κ3) is 1.69. The largest absolute Gasteiger partial charge is 0.369 e. The molecule has 62 valence electrons. The molecule has 0 bridgehead atoms. The Bertz CT molecular complexity index is 182. The van der Waals surface area contributed by atoms with Crippen molar-refractivity contribution in [3.05, 3.63) is 11.1 Å². The van der Waals surface area contributed by atoms with Crippen molar-refractivity contribution in [1.29, 1.82) is 0 Å². The first-order chi connectivity index (χ1) is 5.29. The van der Waals surface area contributed by atoms with Crippen LogP contribution in [0.25, 0.3) is 0 Å². The second-order valence-electron chi connectivity index (χ2n) is 2.94. The number of ether oxygens (including phenoxy) is 1. The van der Waals surface area contributed by atoms with Crippen LogP contribution in [0.4, 0.5) is 0 Å². The van der Waals surface area contributed by atoms with Gasteiger partial charge in [-0.15, -0.1) is 0 Å². The smallest absolute Gasteiger partial charge is 0.148 e. The highest BCUT2D eigenvalue weighted by molar-refractivity contribution is 5.76. The Hall–Kier alpha value is -0.630. The lowest BCUT2D eigenvalue weighted by atomic mass is 10.0. The molecule has 11 heavy (non-hydrogen) atoms. The Labute approximate surface area is 67.2 Å². The first-order valence-corrected chi connectivity index (χ1v) is 4.06. The molecular formula is C9H14O2. The average molecular weight is 154 g/mol. The van der Waals surface area contributed by atoms with Crippen LogP contribution in [0.15, 0.2) is 11.1 Å². The SMILES string of the molecule is CCC[C@H]1OCC(C)=C1C=O. The van der Waals surface area contributed by atoms with Crippen molar-refractivity contribution in [2.75, 3.05) is 6.61 Å². The van der Waals surface area contributed by atoms with Crippen LogP contribution in [0.1, 0.15) is 26.7 Å². The average Bonchev–Trinajstić information content (AvgIpc) is 2.33. The monoisotopic (exact) mass is 154 g/mol. The number of carbonyl (C=O) groups is 1. The molecule has 1 heterocycles. The summed E-state index contributed by atoms with van der Waals surface area (Å²) >= 11 is 0. The molecule has 1 aliphatic heterocycles. The van der Waals surface area contributed by atoms with Crippen LogP contribution in [0.2, 0.25) is 0 Å². The summed E-state index contributed by atoms with van der Waals surface area (Å²) in [5.74, 6) is 0. The molecule has 0 aliphatic carbocycles. The van der Waals surface area contributed by atoms with Crippen LogP contribution in [0.3, 0.4) is 0 Å². The molecule has 0 radical (unpaired) electrons. The minimum atomic E-state index is 0.0810. The van der Waals surface area contributed by atoms with Crippen molar-refractivity contribution >= 4 is 6.29 Å². The van der Waals surface area contributed by atoms with E-state index in [0.29, 0.717) is 6.61 Å². The Morgan fingerprint density at radius 3 is 3.00 bits per heavy atom. The summed E-state index contributed by atoms with van der Waals surface area (Å²) in [7, 11) is 0. The molecule has 0 spiro atoms. The first-order valence-electron chi connectivity index (χ1n) is 4.06. The number of carbonyl (C=O) groups excluding carboxylic acids is 1. The van der Waals surface area contributed by atoms with Crippen molar-refractivity contribution in [2.45, 2.75) is 32.8 Å². The fraction of sp³-hybridized carbons (Fsp3) is 0.667. The van der Waals surface area contributed by atoms with Gasteiger partial charge in [0, 0.05) is 5.57 Å². The lowest BCUT2D eigenvalue weighted by Crippen LogP contribution is -2.10. The fourth-order valence-electron chi connectivity index (χ4n) is 1.35. The van der Waals surface area contributed by atoms with Crippen molar-refractivity contribution in [2.24, 2.45) is 0 Å². The van der Waals surface area contributed by atoms with E-state index in [4.69, 9.17) is 4.74 Å². The minimum absolute atomic E-state index is 0.0810. The molecular weight excluding hydrogens is 140 g/mol. The number of rotatable bonds is 3. The molecule has 2 heteroatoms. The van der Waals surface area contributed by atoms with E-state index in [2.05, 4.69) is 6.92 Å². The third-order valence-corrected chi connectivity index (χ3v) is 2.02. The first kappa shape index (κ1) is 8.47. The second-order valence-corrected chi connectivity index (χ2v) is 2.94. The van der Waals surface area contributed by atoms with Gasteiger partial charge in [-0.1, -0.05) is 13.3 Å². The van der Waals surface area contributed by atoms with Crippen LogP contribution in [-0.4, -0.2) is 19.0 Å². The maximum atomic E-state index is 10.6. The van der Waals surface area contributed by atoms with E-state index < -0.39 is 0 Å². The lowest BCUT2D eigenvalue weighted by molar-refractivity contribution is -0.105. The Morgan fingerprint density at radius 1 is 1.73 bits per heavy atom. The van der Waals surface area contributed by atoms with Gasteiger partial charge in [-0.05, 0) is 18.9 Å². The molecule has 0 aromatic carbocycles. The van der Waals surface area contributed by atoms with Crippen LogP contribution >= 0.6 is 0 Å². The summed E-state index contributed by atoms with van der Waals surface area (Å²) in [5.41, 5.74) is 1.96. The van der Waals surface area contributed by atoms with E-state index in [0.717, 1.165) is 30.3 Å². The molecule has 0 amide bonds. The highest BCUT2D eigenvalue weighted by Gasteiger charge is 2.22. The zero-order valence-corrected chi connectivity index (χ0v) is 7.09. The van der Waals surface area contributed by atoms with E-state index in [1.165, 1.54) is 0 Å².